The summed E-state index contributed by atoms with van der Waals surface area (Å²) in [6, 6.07) is -1.88. The number of nitrogens with zero attached hydrogens (tertiary/aromatic N) is 1. The summed E-state index contributed by atoms with van der Waals surface area (Å²) in [6.07, 6.45) is -1.03. The number of nitrogens with one attached hydrogen (secondary N) is 2. The molecule has 156 valence electrons. The molecule has 3 N–H and O–H groups in total. The number of hydrogen-bond donors (Lipinski definition) is 3. The molecule has 2 amide bonds. The maximum Gasteiger partial charge on any atom is 0.325 e. The van der Waals surface area contributed by atoms with Gasteiger partial charge in [-0.1, -0.05) is 34.8 Å². The van der Waals surface area contributed by atoms with Gasteiger partial charge in [0.15, 0.2) is 6.10 Å². The van der Waals surface area contributed by atoms with Crippen molar-refractivity contribution in [2.75, 3.05) is 13.2 Å². The molecule has 0 aliphatic carbocycles. The molecule has 0 spiro atoms. The summed E-state index contributed by atoms with van der Waals surface area (Å²) in [5.74, 6) is -2.27. The number of ether oxygens (including phenoxy) is 1. The first kappa shape index (κ1) is 24.2. The van der Waals surface area contributed by atoms with Gasteiger partial charge in [0.2, 0.25) is 3.79 Å². The van der Waals surface area contributed by atoms with Gasteiger partial charge in [0, 0.05) is 6.54 Å². The zero-order valence-electron chi connectivity index (χ0n) is 15.1. The van der Waals surface area contributed by atoms with Gasteiger partial charge in [-0.25, -0.2) is 9.82 Å². The van der Waals surface area contributed by atoms with Crippen LogP contribution in [-0.2, 0) is 19.1 Å². The number of halogens is 4. The largest absolute Gasteiger partial charge is 0.460 e. The van der Waals surface area contributed by atoms with E-state index in [-0.39, 0.29) is 6.54 Å². The summed E-state index contributed by atoms with van der Waals surface area (Å²) < 4.78 is 16.8. The third-order valence-electron chi connectivity index (χ3n) is 3.74. The van der Waals surface area contributed by atoms with Gasteiger partial charge >= 0.3 is 5.97 Å². The van der Waals surface area contributed by atoms with Crippen LogP contribution in [0.25, 0.3) is 0 Å². The number of aliphatic hydroxyl groups is 1. The molecule has 0 saturated carbocycles. The number of alkyl halides is 4. The van der Waals surface area contributed by atoms with Gasteiger partial charge < -0.3 is 15.2 Å². The topological polar surface area (TPSA) is 108 Å². The molecular weight excluding hydrogens is 428 g/mol. The molecule has 0 aromatic carbocycles. The van der Waals surface area contributed by atoms with Crippen molar-refractivity contribution < 1.29 is 28.6 Å². The molecule has 0 aromatic heterocycles. The highest BCUT2D eigenvalue weighted by atomic mass is 35.6. The van der Waals surface area contributed by atoms with Gasteiger partial charge in [-0.05, 0) is 33.6 Å². The first-order valence-corrected chi connectivity index (χ1v) is 9.34. The van der Waals surface area contributed by atoms with E-state index in [9.17, 15) is 23.9 Å². The third-order valence-corrected chi connectivity index (χ3v) is 4.07. The van der Waals surface area contributed by atoms with Crippen molar-refractivity contribution in [3.63, 3.8) is 0 Å². The second kappa shape index (κ2) is 9.56. The Balaban J connectivity index is 2.61. The highest BCUT2D eigenvalue weighted by molar-refractivity contribution is 6.67. The zero-order valence-corrected chi connectivity index (χ0v) is 17.4. The number of hydrogen-bond acceptors (Lipinski definition) is 6. The predicted molar refractivity (Wildman–Crippen MR) is 97.9 cm³/mol. The standard InChI is InChI=1S/C15H23Cl3FN3O5/c1-8(20-11(24)10(23)14(2,3)19)12(25)22-6-4-5-9(21-22)13(26)27-7-15(16,17)18/h8-10,21,23H,4-7H2,1-3H3,(H,20,24)/t8-,9-,10+/m0/s1. The Hall–Kier alpha value is -0.870. The molecule has 0 aromatic rings. The Kier molecular flexibility index (Phi) is 8.55. The molecule has 1 aliphatic heterocycles. The van der Waals surface area contributed by atoms with E-state index in [1.807, 2.05) is 0 Å². The minimum atomic E-state index is -2.16. The fourth-order valence-electron chi connectivity index (χ4n) is 2.27. The third kappa shape index (κ3) is 7.95. The predicted octanol–water partition coefficient (Wildman–Crippen LogP) is 1.01. The maximum atomic E-state index is 13.6. The highest BCUT2D eigenvalue weighted by Crippen LogP contribution is 2.26. The lowest BCUT2D eigenvalue weighted by molar-refractivity contribution is -0.153. The minimum Gasteiger partial charge on any atom is -0.460 e. The van der Waals surface area contributed by atoms with Gasteiger partial charge in [0.25, 0.3) is 11.8 Å². The van der Waals surface area contributed by atoms with Crippen LogP contribution in [-0.4, -0.2) is 68.7 Å². The monoisotopic (exact) mass is 449 g/mol. The normalized spacial score (nSPS) is 20.6. The number of carbonyl (C=O) groups excluding carboxylic acids is 3. The molecule has 0 unspecified atom stereocenters. The van der Waals surface area contributed by atoms with Crippen LogP contribution < -0.4 is 10.7 Å². The Bertz CT molecular complexity index is 568. The average Bonchev–Trinajstić information content (AvgIpc) is 2.56. The van der Waals surface area contributed by atoms with Crippen LogP contribution in [0.4, 0.5) is 4.39 Å². The van der Waals surface area contributed by atoms with Gasteiger partial charge in [-0.3, -0.25) is 19.4 Å². The fourth-order valence-corrected chi connectivity index (χ4v) is 2.43. The lowest BCUT2D eigenvalue weighted by atomic mass is 10.0. The van der Waals surface area contributed by atoms with Crippen molar-refractivity contribution >= 4 is 52.6 Å². The van der Waals surface area contributed by atoms with E-state index in [1.165, 1.54) is 6.92 Å². The van der Waals surface area contributed by atoms with E-state index < -0.39 is 52.0 Å². The number of hydrazine groups is 1. The van der Waals surface area contributed by atoms with Crippen molar-refractivity contribution in [1.29, 1.82) is 0 Å². The van der Waals surface area contributed by atoms with E-state index in [0.717, 1.165) is 18.9 Å². The van der Waals surface area contributed by atoms with E-state index in [2.05, 4.69) is 10.7 Å². The molecule has 1 aliphatic rings. The molecule has 12 heteroatoms. The van der Waals surface area contributed by atoms with Gasteiger partial charge in [0.05, 0.1) is 0 Å². The van der Waals surface area contributed by atoms with E-state index in [0.29, 0.717) is 12.8 Å². The summed E-state index contributed by atoms with van der Waals surface area (Å²) in [7, 11) is 0. The summed E-state index contributed by atoms with van der Waals surface area (Å²) in [5, 5.41) is 13.0. The van der Waals surface area contributed by atoms with Crippen molar-refractivity contribution in [1.82, 2.24) is 15.8 Å². The Morgan fingerprint density at radius 3 is 2.48 bits per heavy atom. The first-order chi connectivity index (χ1) is 12.2. The fraction of sp³-hybridized carbons (Fsp3) is 0.800. The van der Waals surface area contributed by atoms with Crippen LogP contribution in [0, 0.1) is 0 Å². The van der Waals surface area contributed by atoms with Crippen LogP contribution in [0.15, 0.2) is 0 Å². The van der Waals surface area contributed by atoms with Crippen molar-refractivity contribution in [2.24, 2.45) is 0 Å². The molecule has 1 heterocycles. The number of rotatable bonds is 6. The lowest BCUT2D eigenvalue weighted by Crippen LogP contribution is -2.60. The SMILES string of the molecule is C[C@H](NC(=O)[C@@H](O)C(C)(C)F)C(=O)N1CCC[C@@H](C(=O)OCC(Cl)(Cl)Cl)N1. The zero-order chi connectivity index (χ0) is 21.0. The van der Waals surface area contributed by atoms with Crippen LogP contribution in [0.2, 0.25) is 0 Å². The van der Waals surface area contributed by atoms with Crippen LogP contribution in [0.5, 0.6) is 0 Å². The summed E-state index contributed by atoms with van der Waals surface area (Å²) >= 11 is 16.6. The van der Waals surface area contributed by atoms with Gasteiger partial charge in [-0.15, -0.1) is 0 Å². The number of esters is 1. The maximum absolute atomic E-state index is 13.6. The van der Waals surface area contributed by atoms with Crippen LogP contribution in [0.1, 0.15) is 33.6 Å². The highest BCUT2D eigenvalue weighted by Gasteiger charge is 2.36. The molecule has 27 heavy (non-hydrogen) atoms. The number of aliphatic hydroxyl groups excluding tert-OH is 1. The molecule has 1 rings (SSSR count). The first-order valence-electron chi connectivity index (χ1n) is 8.20. The minimum absolute atomic E-state index is 0.282. The smallest absolute Gasteiger partial charge is 0.325 e. The van der Waals surface area contributed by atoms with Crippen LogP contribution >= 0.6 is 34.8 Å². The molecule has 1 fully saturated rings. The van der Waals surface area contributed by atoms with Crippen molar-refractivity contribution in [3.8, 4) is 0 Å². The second-order valence-electron chi connectivity index (χ2n) is 6.73. The molecular formula is C15H23Cl3FN3O5. The average molecular weight is 451 g/mol. The van der Waals surface area contributed by atoms with Gasteiger partial charge in [-0.2, -0.15) is 0 Å². The molecule has 1 saturated heterocycles. The Morgan fingerprint density at radius 1 is 1.37 bits per heavy atom. The Labute approximate surface area is 171 Å². The molecule has 0 bridgehead atoms. The quantitative estimate of drug-likeness (QED) is 0.412. The Morgan fingerprint density at radius 2 is 1.96 bits per heavy atom. The van der Waals surface area contributed by atoms with E-state index in [1.54, 1.807) is 0 Å². The second-order valence-corrected chi connectivity index (χ2v) is 9.25. The summed E-state index contributed by atoms with van der Waals surface area (Å²) in [4.78, 5) is 36.3. The van der Waals surface area contributed by atoms with Crippen molar-refractivity contribution in [2.45, 2.75) is 61.3 Å². The van der Waals surface area contributed by atoms with Crippen molar-refractivity contribution in [3.05, 3.63) is 0 Å². The summed E-state index contributed by atoms with van der Waals surface area (Å²) in [6.45, 7) is 3.31. The molecule has 3 atom stereocenters. The number of carbonyl (C=O) groups is 3. The summed E-state index contributed by atoms with van der Waals surface area (Å²) in [5.41, 5.74) is 0.536. The van der Waals surface area contributed by atoms with E-state index in [4.69, 9.17) is 39.5 Å². The number of amides is 2. The lowest BCUT2D eigenvalue weighted by Gasteiger charge is -2.34. The van der Waals surface area contributed by atoms with Gasteiger partial charge in [0.1, 0.15) is 24.4 Å². The molecule has 8 nitrogen and oxygen atoms in total. The molecule has 0 radical (unpaired) electrons. The van der Waals surface area contributed by atoms with Crippen LogP contribution in [0.3, 0.4) is 0 Å². The van der Waals surface area contributed by atoms with E-state index >= 15 is 0 Å².